The Labute approximate surface area is 266 Å². The van der Waals surface area contributed by atoms with Gasteiger partial charge in [-0.3, -0.25) is 0 Å². The van der Waals surface area contributed by atoms with Crippen molar-refractivity contribution in [3.63, 3.8) is 0 Å². The molecule has 2 aliphatic rings. The van der Waals surface area contributed by atoms with Gasteiger partial charge in [-0.05, 0) is 94.6 Å². The first kappa shape index (κ1) is 36.5. The minimum atomic E-state index is -0.298. The van der Waals surface area contributed by atoms with Gasteiger partial charge in [-0.2, -0.15) is 0 Å². The van der Waals surface area contributed by atoms with Crippen molar-refractivity contribution in [3.8, 4) is 11.1 Å². The Balaban J connectivity index is 0.000000262. The molecule has 2 N–H and O–H groups in total. The van der Waals surface area contributed by atoms with Gasteiger partial charge >= 0.3 is 0 Å². The molecule has 0 aromatic heterocycles. The molecule has 0 bridgehead atoms. The SMILES string of the molecule is C=C(C)/C=C1\Cc2c(CN)ccc(-c3ccccc3)c2P1C.CC.CC1(C)C/C=C\CCc2ccccc21.CCC(C)C. The van der Waals surface area contributed by atoms with Gasteiger partial charge in [-0.15, -0.1) is 0 Å². The van der Waals surface area contributed by atoms with E-state index in [4.69, 9.17) is 5.73 Å². The summed E-state index contributed by atoms with van der Waals surface area (Å²) in [5, 5.41) is 3.02. The number of fused-ring (bicyclic) bond motifs is 2. The number of hydrogen-bond acceptors (Lipinski definition) is 1. The minimum Gasteiger partial charge on any atom is -0.326 e. The van der Waals surface area contributed by atoms with E-state index in [1.54, 1.807) is 0 Å². The van der Waals surface area contributed by atoms with E-state index in [9.17, 15) is 0 Å². The Hall–Kier alpha value is -2.73. The van der Waals surface area contributed by atoms with Gasteiger partial charge < -0.3 is 5.73 Å². The Morgan fingerprint density at radius 1 is 0.977 bits per heavy atom. The maximum absolute atomic E-state index is 5.97. The van der Waals surface area contributed by atoms with Crippen LogP contribution in [0.2, 0.25) is 0 Å². The van der Waals surface area contributed by atoms with Gasteiger partial charge in [-0.25, -0.2) is 0 Å². The van der Waals surface area contributed by atoms with Crippen LogP contribution in [0.3, 0.4) is 0 Å². The monoisotopic (exact) mass is 595 g/mol. The normalized spacial score (nSPS) is 17.8. The summed E-state index contributed by atoms with van der Waals surface area (Å²) in [6, 6.07) is 24.0. The Morgan fingerprint density at radius 3 is 2.21 bits per heavy atom. The van der Waals surface area contributed by atoms with E-state index in [2.05, 4.69) is 140 Å². The van der Waals surface area contributed by atoms with Gasteiger partial charge in [-0.1, -0.05) is 160 Å². The third-order valence-corrected chi connectivity index (χ3v) is 10.5. The standard InChI is InChI=1S/C20H22NP.C14H18.C5H12.C2H6/c1-14(2)11-17-12-19-16(13-21)9-10-18(20(19)22(17)3)15-7-5-4-6-8-15;1-14(2)11-7-3-4-8-12-9-5-6-10-13(12)14;1-4-5(2)3;1-2/h4-11H,1,12-13,21H2,2-3H3;3,5-7,9-10H,4,8,11H2,1-2H3;5H,4H2,1-3H3;1-2H3/b17-11+;7-3-;;. The van der Waals surface area contributed by atoms with Crippen LogP contribution in [0, 0.1) is 5.92 Å². The maximum Gasteiger partial charge on any atom is 0.0181 e. The third kappa shape index (κ3) is 10.4. The molecule has 1 aliphatic carbocycles. The quantitative estimate of drug-likeness (QED) is 0.236. The molecule has 0 radical (unpaired) electrons. The summed E-state index contributed by atoms with van der Waals surface area (Å²) in [4.78, 5) is 0. The van der Waals surface area contributed by atoms with Crippen LogP contribution in [0.15, 0.2) is 102 Å². The van der Waals surface area contributed by atoms with Crippen molar-refractivity contribution >= 4 is 13.2 Å². The highest BCUT2D eigenvalue weighted by molar-refractivity contribution is 7.70. The lowest BCUT2D eigenvalue weighted by Crippen LogP contribution is -2.19. The van der Waals surface area contributed by atoms with Crippen molar-refractivity contribution in [1.82, 2.24) is 0 Å². The molecule has 2 heteroatoms. The maximum atomic E-state index is 5.97. The van der Waals surface area contributed by atoms with E-state index in [0.29, 0.717) is 12.0 Å². The zero-order valence-corrected chi connectivity index (χ0v) is 29.5. The summed E-state index contributed by atoms with van der Waals surface area (Å²) in [5.41, 5.74) is 15.9. The molecule has 0 saturated heterocycles. The molecule has 0 spiro atoms. The number of hydrogen-bond donors (Lipinski definition) is 1. The summed E-state index contributed by atoms with van der Waals surface area (Å²) in [7, 11) is -0.298. The molecule has 0 amide bonds. The molecule has 43 heavy (non-hydrogen) atoms. The van der Waals surface area contributed by atoms with Crippen molar-refractivity contribution in [2.45, 2.75) is 99.5 Å². The van der Waals surface area contributed by atoms with Crippen molar-refractivity contribution < 1.29 is 0 Å². The summed E-state index contributed by atoms with van der Waals surface area (Å²) < 4.78 is 0. The van der Waals surface area contributed by atoms with E-state index < -0.39 is 0 Å². The summed E-state index contributed by atoms with van der Waals surface area (Å²) >= 11 is 0. The van der Waals surface area contributed by atoms with Gasteiger partial charge in [0.2, 0.25) is 0 Å². The van der Waals surface area contributed by atoms with E-state index in [0.717, 1.165) is 24.3 Å². The van der Waals surface area contributed by atoms with Gasteiger partial charge in [0.15, 0.2) is 0 Å². The molecule has 1 heterocycles. The average molecular weight is 596 g/mol. The number of benzene rings is 3. The van der Waals surface area contributed by atoms with Crippen LogP contribution < -0.4 is 11.0 Å². The second-order valence-electron chi connectivity index (χ2n) is 12.4. The zero-order valence-electron chi connectivity index (χ0n) is 28.6. The number of allylic oxidation sites excluding steroid dienone is 5. The summed E-state index contributed by atoms with van der Waals surface area (Å²) in [5.74, 6) is 0.884. The molecule has 1 aliphatic heterocycles. The lowest BCUT2D eigenvalue weighted by atomic mass is 9.77. The second-order valence-corrected chi connectivity index (χ2v) is 14.6. The first-order chi connectivity index (χ1) is 20.6. The van der Waals surface area contributed by atoms with Crippen LogP contribution in [0.1, 0.15) is 96.9 Å². The highest BCUT2D eigenvalue weighted by Gasteiger charge is 2.28. The molecule has 0 fully saturated rings. The van der Waals surface area contributed by atoms with Crippen molar-refractivity contribution in [1.29, 1.82) is 0 Å². The molecule has 0 saturated carbocycles. The molecule has 3 aromatic rings. The van der Waals surface area contributed by atoms with Crippen molar-refractivity contribution in [2.24, 2.45) is 11.7 Å². The van der Waals surface area contributed by atoms with Crippen LogP contribution >= 0.6 is 7.92 Å². The van der Waals surface area contributed by atoms with Crippen LogP contribution in [0.5, 0.6) is 0 Å². The highest BCUT2D eigenvalue weighted by Crippen LogP contribution is 2.51. The highest BCUT2D eigenvalue weighted by atomic mass is 31.1. The molecular weight excluding hydrogens is 537 g/mol. The van der Waals surface area contributed by atoms with Crippen LogP contribution in [-0.2, 0) is 24.8 Å². The smallest absolute Gasteiger partial charge is 0.0181 e. The fourth-order valence-corrected chi connectivity index (χ4v) is 7.71. The van der Waals surface area contributed by atoms with Crippen LogP contribution in [0.4, 0.5) is 0 Å². The lowest BCUT2D eigenvalue weighted by molar-refractivity contribution is 0.523. The van der Waals surface area contributed by atoms with Crippen LogP contribution in [-0.4, -0.2) is 6.66 Å². The Morgan fingerprint density at radius 2 is 1.60 bits per heavy atom. The lowest BCUT2D eigenvalue weighted by Gasteiger charge is -2.28. The summed E-state index contributed by atoms with van der Waals surface area (Å²) in [6.07, 6.45) is 12.8. The van der Waals surface area contributed by atoms with Gasteiger partial charge in [0.05, 0.1) is 0 Å². The second kappa shape index (κ2) is 18.2. The topological polar surface area (TPSA) is 26.0 Å². The van der Waals surface area contributed by atoms with Crippen molar-refractivity contribution in [3.05, 3.63) is 125 Å². The largest absolute Gasteiger partial charge is 0.326 e. The molecule has 232 valence electrons. The predicted octanol–water partition coefficient (Wildman–Crippen LogP) is 11.5. The van der Waals surface area contributed by atoms with E-state index in [-0.39, 0.29) is 7.92 Å². The molecule has 5 rings (SSSR count). The first-order valence-corrected chi connectivity index (χ1v) is 18.1. The predicted molar refractivity (Wildman–Crippen MR) is 197 cm³/mol. The number of rotatable bonds is 4. The van der Waals surface area contributed by atoms with E-state index in [1.807, 2.05) is 13.8 Å². The fourth-order valence-electron chi connectivity index (χ4n) is 5.42. The van der Waals surface area contributed by atoms with Gasteiger partial charge in [0.25, 0.3) is 0 Å². The molecule has 3 aromatic carbocycles. The zero-order chi connectivity index (χ0) is 32.0. The summed E-state index contributed by atoms with van der Waals surface area (Å²) in [6.45, 7) is 24.4. The number of aryl methyl sites for hydroxylation is 1. The first-order valence-electron chi connectivity index (χ1n) is 16.3. The van der Waals surface area contributed by atoms with Gasteiger partial charge in [0.1, 0.15) is 0 Å². The molecular formula is C41H58NP. The van der Waals surface area contributed by atoms with E-state index in [1.165, 1.54) is 63.3 Å². The van der Waals surface area contributed by atoms with E-state index >= 15 is 0 Å². The van der Waals surface area contributed by atoms with Crippen molar-refractivity contribution in [2.75, 3.05) is 6.66 Å². The fraction of sp³-hybridized carbons (Fsp3) is 0.415. The van der Waals surface area contributed by atoms with Gasteiger partial charge in [0, 0.05) is 6.54 Å². The third-order valence-electron chi connectivity index (χ3n) is 8.16. The Kier molecular flexibility index (Phi) is 15.4. The molecule has 1 nitrogen and oxygen atoms in total. The molecule has 1 atom stereocenters. The number of nitrogens with two attached hydrogens (primary N) is 1. The average Bonchev–Trinajstić information content (AvgIpc) is 3.33. The van der Waals surface area contributed by atoms with Crippen LogP contribution in [0.25, 0.3) is 11.1 Å². The Bertz CT molecular complexity index is 1340. The minimum absolute atomic E-state index is 0.298. The molecule has 1 unspecified atom stereocenters.